The highest BCUT2D eigenvalue weighted by atomic mass is 16.2. The average Bonchev–Trinajstić information content (AvgIpc) is 2.80. The third-order valence-electron chi connectivity index (χ3n) is 4.94. The molecule has 3 rings (SSSR count). The number of carbonyl (C=O) groups excluding carboxylic acids is 3. The van der Waals surface area contributed by atoms with E-state index in [0.717, 1.165) is 4.90 Å². The maximum atomic E-state index is 12.4. The van der Waals surface area contributed by atoms with E-state index in [1.54, 1.807) is 0 Å². The third kappa shape index (κ3) is 3.50. The summed E-state index contributed by atoms with van der Waals surface area (Å²) in [5, 5.41) is 2.77. The highest BCUT2D eigenvalue weighted by Gasteiger charge is 2.47. The number of imide groups is 1. The van der Waals surface area contributed by atoms with Crippen molar-refractivity contribution in [3.05, 3.63) is 42.0 Å². The molecule has 5 heteroatoms. The lowest BCUT2D eigenvalue weighted by molar-refractivity contribution is -0.142. The Bertz CT molecular complexity index is 702. The van der Waals surface area contributed by atoms with Crippen LogP contribution in [0.1, 0.15) is 39.2 Å². The van der Waals surface area contributed by atoms with Crippen molar-refractivity contribution in [2.75, 3.05) is 11.9 Å². The van der Waals surface area contributed by atoms with Crippen molar-refractivity contribution in [2.45, 2.75) is 39.0 Å². The molecular formula is C20H24N2O3. The number of nitrogens with zero attached hydrogens (tertiary/aromatic N) is 1. The molecule has 0 bridgehead atoms. The molecule has 5 nitrogen and oxygen atoms in total. The fraction of sp³-hybridized carbons (Fsp3) is 0.450. The second-order valence-corrected chi connectivity index (χ2v) is 7.79. The number of rotatable bonds is 3. The van der Waals surface area contributed by atoms with Gasteiger partial charge in [-0.2, -0.15) is 0 Å². The van der Waals surface area contributed by atoms with Crippen LogP contribution in [0, 0.1) is 11.8 Å². The van der Waals surface area contributed by atoms with Crippen LogP contribution in [0.2, 0.25) is 0 Å². The Kier molecular flexibility index (Phi) is 4.50. The summed E-state index contributed by atoms with van der Waals surface area (Å²) in [7, 11) is 0. The first-order valence-electron chi connectivity index (χ1n) is 8.68. The van der Waals surface area contributed by atoms with E-state index in [1.807, 2.05) is 36.4 Å². The number of likely N-dealkylation sites (tertiary alicyclic amines) is 1. The van der Waals surface area contributed by atoms with Gasteiger partial charge in [0.15, 0.2) is 0 Å². The minimum Gasteiger partial charge on any atom is -0.325 e. The van der Waals surface area contributed by atoms with Crippen LogP contribution in [0.15, 0.2) is 36.4 Å². The first-order chi connectivity index (χ1) is 11.8. The summed E-state index contributed by atoms with van der Waals surface area (Å²) >= 11 is 0. The van der Waals surface area contributed by atoms with Crippen LogP contribution in [-0.2, 0) is 19.8 Å². The predicted octanol–water partition coefficient (Wildman–Crippen LogP) is 2.87. The van der Waals surface area contributed by atoms with E-state index >= 15 is 0 Å². The van der Waals surface area contributed by atoms with Gasteiger partial charge in [-0.1, -0.05) is 45.1 Å². The fourth-order valence-corrected chi connectivity index (χ4v) is 3.42. The van der Waals surface area contributed by atoms with Crippen molar-refractivity contribution in [3.63, 3.8) is 0 Å². The Balaban J connectivity index is 1.63. The van der Waals surface area contributed by atoms with Gasteiger partial charge in [0.2, 0.25) is 17.7 Å². The SMILES string of the molecule is CC(C)(C)c1ccc(NC(=O)CN2C(=O)[C@H]3CC=CC[C@@H]3C2=O)cc1. The van der Waals surface area contributed by atoms with Crippen molar-refractivity contribution < 1.29 is 14.4 Å². The van der Waals surface area contributed by atoms with E-state index in [9.17, 15) is 14.4 Å². The average molecular weight is 340 g/mol. The summed E-state index contributed by atoms with van der Waals surface area (Å²) in [6.45, 7) is 6.16. The summed E-state index contributed by atoms with van der Waals surface area (Å²) in [6, 6.07) is 7.63. The molecular weight excluding hydrogens is 316 g/mol. The van der Waals surface area contributed by atoms with Gasteiger partial charge in [-0.05, 0) is 36.0 Å². The molecule has 25 heavy (non-hydrogen) atoms. The second kappa shape index (κ2) is 6.47. The van der Waals surface area contributed by atoms with E-state index in [0.29, 0.717) is 18.5 Å². The van der Waals surface area contributed by atoms with E-state index in [4.69, 9.17) is 0 Å². The summed E-state index contributed by atoms with van der Waals surface area (Å²) in [4.78, 5) is 38.2. The van der Waals surface area contributed by atoms with Crippen molar-refractivity contribution in [1.82, 2.24) is 4.90 Å². The van der Waals surface area contributed by atoms with Crippen LogP contribution in [0.5, 0.6) is 0 Å². The number of anilines is 1. The molecule has 0 unspecified atom stereocenters. The Morgan fingerprint density at radius 3 is 2.04 bits per heavy atom. The third-order valence-corrected chi connectivity index (χ3v) is 4.94. The van der Waals surface area contributed by atoms with E-state index in [1.165, 1.54) is 5.56 Å². The summed E-state index contributed by atoms with van der Waals surface area (Å²) < 4.78 is 0. The fourth-order valence-electron chi connectivity index (χ4n) is 3.42. The van der Waals surface area contributed by atoms with Gasteiger partial charge in [0, 0.05) is 5.69 Å². The minimum atomic E-state index is -0.350. The molecule has 1 aromatic carbocycles. The quantitative estimate of drug-likeness (QED) is 0.680. The van der Waals surface area contributed by atoms with Crippen LogP contribution < -0.4 is 5.32 Å². The normalized spacial score (nSPS) is 22.9. The van der Waals surface area contributed by atoms with Gasteiger partial charge in [-0.25, -0.2) is 0 Å². The molecule has 0 aromatic heterocycles. The summed E-state index contributed by atoms with van der Waals surface area (Å²) in [5.41, 5.74) is 1.88. The van der Waals surface area contributed by atoms with Gasteiger partial charge in [-0.15, -0.1) is 0 Å². The Labute approximate surface area is 148 Å². The zero-order valence-corrected chi connectivity index (χ0v) is 14.9. The number of nitrogens with one attached hydrogen (secondary N) is 1. The topological polar surface area (TPSA) is 66.5 Å². The van der Waals surface area contributed by atoms with Gasteiger partial charge < -0.3 is 5.32 Å². The van der Waals surface area contributed by atoms with Crippen molar-refractivity contribution in [3.8, 4) is 0 Å². The summed E-state index contributed by atoms with van der Waals surface area (Å²) in [5.74, 6) is -1.39. The molecule has 0 saturated carbocycles. The van der Waals surface area contributed by atoms with E-state index in [2.05, 4.69) is 26.1 Å². The van der Waals surface area contributed by atoms with Crippen LogP contribution in [0.3, 0.4) is 0 Å². The molecule has 1 saturated heterocycles. The van der Waals surface area contributed by atoms with E-state index in [-0.39, 0.29) is 41.5 Å². The molecule has 3 amide bonds. The molecule has 0 radical (unpaired) electrons. The number of fused-ring (bicyclic) bond motifs is 1. The highest BCUT2D eigenvalue weighted by Crippen LogP contribution is 2.34. The zero-order valence-electron chi connectivity index (χ0n) is 14.9. The Morgan fingerprint density at radius 2 is 1.56 bits per heavy atom. The Morgan fingerprint density at radius 1 is 1.04 bits per heavy atom. The number of hydrogen-bond donors (Lipinski definition) is 1. The van der Waals surface area contributed by atoms with Gasteiger partial charge in [0.05, 0.1) is 11.8 Å². The summed E-state index contributed by atoms with van der Waals surface area (Å²) in [6.07, 6.45) is 5.04. The lowest BCUT2D eigenvalue weighted by Gasteiger charge is -2.19. The first kappa shape index (κ1) is 17.4. The molecule has 1 aromatic rings. The van der Waals surface area contributed by atoms with Crippen LogP contribution in [0.25, 0.3) is 0 Å². The van der Waals surface area contributed by atoms with Crippen molar-refractivity contribution >= 4 is 23.4 Å². The van der Waals surface area contributed by atoms with E-state index < -0.39 is 0 Å². The maximum absolute atomic E-state index is 12.4. The largest absolute Gasteiger partial charge is 0.325 e. The van der Waals surface area contributed by atoms with Crippen LogP contribution >= 0.6 is 0 Å². The maximum Gasteiger partial charge on any atom is 0.244 e. The molecule has 1 aliphatic heterocycles. The monoisotopic (exact) mass is 340 g/mol. The first-order valence-corrected chi connectivity index (χ1v) is 8.68. The number of carbonyl (C=O) groups is 3. The molecule has 2 atom stereocenters. The predicted molar refractivity (Wildman–Crippen MR) is 95.8 cm³/mol. The lowest BCUT2D eigenvalue weighted by atomic mass is 9.85. The van der Waals surface area contributed by atoms with Gasteiger partial charge >= 0.3 is 0 Å². The minimum absolute atomic E-state index is 0.0429. The van der Waals surface area contributed by atoms with Crippen LogP contribution in [0.4, 0.5) is 5.69 Å². The van der Waals surface area contributed by atoms with Crippen molar-refractivity contribution in [1.29, 1.82) is 0 Å². The molecule has 1 aliphatic carbocycles. The molecule has 132 valence electrons. The zero-order chi connectivity index (χ0) is 18.2. The van der Waals surface area contributed by atoms with Gasteiger partial charge in [0.1, 0.15) is 6.54 Å². The highest BCUT2D eigenvalue weighted by molar-refractivity contribution is 6.08. The molecule has 1 heterocycles. The van der Waals surface area contributed by atoms with Gasteiger partial charge in [0.25, 0.3) is 0 Å². The molecule has 1 fully saturated rings. The number of benzene rings is 1. The molecule has 2 aliphatic rings. The van der Waals surface area contributed by atoms with Crippen molar-refractivity contribution in [2.24, 2.45) is 11.8 Å². The number of amides is 3. The Hall–Kier alpha value is -2.43. The lowest BCUT2D eigenvalue weighted by Crippen LogP contribution is -2.38. The smallest absolute Gasteiger partial charge is 0.244 e. The van der Waals surface area contributed by atoms with Gasteiger partial charge in [-0.3, -0.25) is 19.3 Å². The second-order valence-electron chi connectivity index (χ2n) is 7.79. The van der Waals surface area contributed by atoms with Crippen LogP contribution in [-0.4, -0.2) is 29.2 Å². The molecule has 1 N–H and O–H groups in total. The molecule has 0 spiro atoms. The standard InChI is InChI=1S/C20H24N2O3/c1-20(2,3)13-8-10-14(11-9-13)21-17(23)12-22-18(24)15-6-4-5-7-16(15)19(22)25/h4-5,8-11,15-16H,6-7,12H2,1-3H3,(H,21,23)/t15-,16-/m0/s1. The number of allylic oxidation sites excluding steroid dienone is 2. The number of hydrogen-bond acceptors (Lipinski definition) is 3.